The summed E-state index contributed by atoms with van der Waals surface area (Å²) in [5, 5.41) is 50.5. The summed E-state index contributed by atoms with van der Waals surface area (Å²) in [5.41, 5.74) is 0. The van der Waals surface area contributed by atoms with Gasteiger partial charge in [0, 0.05) is 12.8 Å². The van der Waals surface area contributed by atoms with Crippen LogP contribution in [0.15, 0.2) is 48.6 Å². The lowest BCUT2D eigenvalue weighted by Crippen LogP contribution is -2.64. The zero-order valence-electron chi connectivity index (χ0n) is 43.4. The van der Waals surface area contributed by atoms with E-state index >= 15 is 0 Å². The molecule has 0 aromatic heterocycles. The van der Waals surface area contributed by atoms with Gasteiger partial charge in [0.15, 0.2) is 6.08 Å². The van der Waals surface area contributed by atoms with Gasteiger partial charge < -0.3 is 46.1 Å². The molecule has 368 valence electrons. The Labute approximate surface area is 386 Å². The molecule has 0 radical (unpaired) electrons. The molecule has 1 saturated carbocycles. The molecule has 0 saturated heterocycles. The van der Waals surface area contributed by atoms with Crippen LogP contribution in [0.3, 0.4) is 0 Å². The number of esters is 2. The van der Waals surface area contributed by atoms with Gasteiger partial charge in [-0.25, -0.2) is 4.57 Å². The Kier molecular flexibility index (Phi) is 32.9. The van der Waals surface area contributed by atoms with Crippen LogP contribution >= 0.6 is 7.82 Å². The van der Waals surface area contributed by atoms with Crippen LogP contribution in [0.2, 0.25) is 0 Å². The van der Waals surface area contributed by atoms with E-state index in [1.165, 1.54) is 64.2 Å². The molecular weight excluding hydrogens is 829 g/mol. The fraction of sp³-hybridized carbons (Fsp3) is 0.792. The SMILES string of the molecule is N.[2H]C([2H])(OC(=O)CCCCCCCCCCCCCCCC)[C@@]([2H])(OC(=O)CCCCC/C=C\C/C=C\C/C=C\C/C=C\CCCCC)C([2H])([2H])OP(=O)(O)OC1[C@H](O)[C@H](O)C(O)[C@H](O)[C@H]1O. The Morgan fingerprint density at radius 2 is 0.921 bits per heavy atom. The van der Waals surface area contributed by atoms with Crippen LogP contribution < -0.4 is 6.15 Å². The third kappa shape index (κ3) is 32.1. The molecule has 14 nitrogen and oxygen atoms in total. The summed E-state index contributed by atoms with van der Waals surface area (Å²) in [5.74, 6) is -2.53. The van der Waals surface area contributed by atoms with Gasteiger partial charge in [-0.05, 0) is 57.8 Å². The van der Waals surface area contributed by atoms with Crippen molar-refractivity contribution in [3.63, 3.8) is 0 Å². The van der Waals surface area contributed by atoms with Crippen LogP contribution in [0.25, 0.3) is 0 Å². The van der Waals surface area contributed by atoms with E-state index in [1.54, 1.807) is 0 Å². The number of aliphatic hydroxyl groups excluding tert-OH is 5. The van der Waals surface area contributed by atoms with E-state index in [4.69, 9.17) is 16.3 Å². The van der Waals surface area contributed by atoms with Gasteiger partial charge in [-0.15, -0.1) is 0 Å². The number of ether oxygens (including phenoxy) is 2. The molecule has 1 aliphatic rings. The second-order valence-electron chi connectivity index (χ2n) is 16.1. The van der Waals surface area contributed by atoms with Gasteiger partial charge in [0.2, 0.25) is 0 Å². The van der Waals surface area contributed by atoms with Crippen LogP contribution in [0.1, 0.15) is 194 Å². The first-order valence-corrected chi connectivity index (χ1v) is 24.9. The Morgan fingerprint density at radius 1 is 0.556 bits per heavy atom. The highest BCUT2D eigenvalue weighted by Gasteiger charge is 2.51. The lowest BCUT2D eigenvalue weighted by Gasteiger charge is -2.41. The third-order valence-electron chi connectivity index (χ3n) is 10.5. The summed E-state index contributed by atoms with van der Waals surface area (Å²) in [6, 6.07) is 0. The van der Waals surface area contributed by atoms with Crippen molar-refractivity contribution in [3.05, 3.63) is 48.6 Å². The van der Waals surface area contributed by atoms with Gasteiger partial charge >= 0.3 is 19.8 Å². The molecular formula is C48H88NO13P. The van der Waals surface area contributed by atoms with Gasteiger partial charge in [0.05, 0.1) is 13.4 Å². The zero-order valence-corrected chi connectivity index (χ0v) is 39.3. The molecule has 0 aliphatic heterocycles. The fourth-order valence-corrected chi connectivity index (χ4v) is 7.51. The minimum absolute atomic E-state index is 0. The number of rotatable bonds is 39. The third-order valence-corrected chi connectivity index (χ3v) is 11.3. The molecule has 0 amide bonds. The van der Waals surface area contributed by atoms with Crippen molar-refractivity contribution in [2.75, 3.05) is 13.1 Å². The Balaban J connectivity index is 0.0000449. The van der Waals surface area contributed by atoms with E-state index in [-0.39, 0.29) is 25.4 Å². The number of carbonyl (C=O) groups is 2. The standard InChI is InChI=1S/C48H85O13P.H3N/c1-3-5-7-9-11-13-15-17-19-20-21-22-23-25-27-29-31-33-35-37-42(50)60-40(39-59-62(56,57)61-48-46(54)44(52)43(51)45(53)47(48)55)38-58-41(49)36-34-32-30-28-26-24-18-16-14-12-10-8-6-4-2;/h11,13,17,19,21-22,25,27,40,43-48,51-55H,3-10,12,14-16,18,20,23-24,26,28-39H2,1-2H3,(H,56,57);1H3/b13-11-,19-17-,22-21-,27-25-;/t40-,43?,44-,45+,46-,47-,48?;/m1./s1/i38D2,39D2,40D;. The molecule has 1 fully saturated rings. The molecule has 8 atom stereocenters. The summed E-state index contributed by atoms with van der Waals surface area (Å²) in [7, 11) is -6.01. The molecule has 63 heavy (non-hydrogen) atoms. The van der Waals surface area contributed by atoms with Crippen molar-refractivity contribution >= 4 is 19.8 Å². The number of allylic oxidation sites excluding steroid dienone is 8. The molecule has 1 rings (SSSR count). The van der Waals surface area contributed by atoms with Crippen LogP contribution in [0.4, 0.5) is 0 Å². The monoisotopic (exact) mass is 923 g/mol. The van der Waals surface area contributed by atoms with Crippen molar-refractivity contribution in [1.29, 1.82) is 0 Å². The predicted octanol–water partition coefficient (Wildman–Crippen LogP) is 9.72. The molecule has 0 aromatic carbocycles. The largest absolute Gasteiger partial charge is 0.472 e. The maximum atomic E-state index is 13.1. The average Bonchev–Trinajstić information content (AvgIpc) is 3.26. The van der Waals surface area contributed by atoms with E-state index < -0.39 is 82.0 Å². The number of carbonyl (C=O) groups excluding carboxylic acids is 2. The molecule has 0 heterocycles. The van der Waals surface area contributed by atoms with Crippen molar-refractivity contribution in [3.8, 4) is 0 Å². The number of phosphoric acid groups is 1. The highest BCUT2D eigenvalue weighted by Crippen LogP contribution is 2.47. The smallest absolute Gasteiger partial charge is 0.462 e. The van der Waals surface area contributed by atoms with Gasteiger partial charge in [-0.3, -0.25) is 18.6 Å². The van der Waals surface area contributed by atoms with Gasteiger partial charge in [0.1, 0.15) is 43.2 Å². The number of aliphatic hydroxyl groups is 5. The minimum atomic E-state index is -6.01. The number of phosphoric ester groups is 1. The van der Waals surface area contributed by atoms with E-state index in [0.717, 1.165) is 57.8 Å². The summed E-state index contributed by atoms with van der Waals surface area (Å²) >= 11 is 0. The van der Waals surface area contributed by atoms with Gasteiger partial charge in [0.25, 0.3) is 0 Å². The minimum Gasteiger partial charge on any atom is -0.462 e. The molecule has 3 unspecified atom stereocenters. The second kappa shape index (κ2) is 40.1. The first-order chi connectivity index (χ1) is 31.8. The molecule has 0 bridgehead atoms. The van der Waals surface area contributed by atoms with E-state index in [0.29, 0.717) is 25.7 Å². The van der Waals surface area contributed by atoms with Gasteiger partial charge in [-0.2, -0.15) is 0 Å². The van der Waals surface area contributed by atoms with E-state index in [9.17, 15) is 44.6 Å². The first-order valence-electron chi connectivity index (χ1n) is 25.9. The van der Waals surface area contributed by atoms with Crippen LogP contribution in [-0.4, -0.2) is 98.2 Å². The summed E-state index contributed by atoms with van der Waals surface area (Å²) in [6.45, 7) is -3.61. The molecule has 15 heteroatoms. The topological polar surface area (TPSA) is 245 Å². The zero-order chi connectivity index (χ0) is 50.2. The summed E-state index contributed by atoms with van der Waals surface area (Å²) in [4.78, 5) is 36.5. The predicted molar refractivity (Wildman–Crippen MR) is 249 cm³/mol. The van der Waals surface area contributed by atoms with Crippen molar-refractivity contribution in [2.24, 2.45) is 0 Å². The van der Waals surface area contributed by atoms with E-state index in [2.05, 4.69) is 59.4 Å². The second-order valence-corrected chi connectivity index (χ2v) is 17.4. The number of unbranched alkanes of at least 4 members (excludes halogenated alkanes) is 19. The summed E-state index contributed by atoms with van der Waals surface area (Å²) in [6.07, 6.45) is 22.6. The average molecular weight is 923 g/mol. The molecule has 1 aliphatic carbocycles. The Bertz CT molecular complexity index is 1510. The molecule has 9 N–H and O–H groups in total. The first kappa shape index (κ1) is 51.7. The summed E-state index contributed by atoms with van der Waals surface area (Å²) < 4.78 is 75.0. The number of hydrogen-bond acceptors (Lipinski definition) is 13. The van der Waals surface area contributed by atoms with Crippen molar-refractivity contribution in [1.82, 2.24) is 6.15 Å². The number of hydrogen-bond donors (Lipinski definition) is 7. The lowest BCUT2D eigenvalue weighted by molar-refractivity contribution is -0.220. The van der Waals surface area contributed by atoms with Crippen molar-refractivity contribution in [2.45, 2.75) is 230 Å². The Hall–Kier alpha value is -2.23. The van der Waals surface area contributed by atoms with E-state index in [1.807, 2.05) is 12.2 Å². The van der Waals surface area contributed by atoms with Gasteiger partial charge in [-0.1, -0.05) is 165 Å². The van der Waals surface area contributed by atoms with Crippen LogP contribution in [0.5, 0.6) is 0 Å². The highest BCUT2D eigenvalue weighted by molar-refractivity contribution is 7.47. The maximum absolute atomic E-state index is 13.1. The highest BCUT2D eigenvalue weighted by atomic mass is 31.2. The normalized spacial score (nSPS) is 24.0. The lowest BCUT2D eigenvalue weighted by atomic mass is 9.85. The fourth-order valence-electron chi connectivity index (χ4n) is 6.71. The quantitative estimate of drug-likeness (QED) is 0.0131. The molecule has 0 spiro atoms. The van der Waals surface area contributed by atoms with Crippen molar-refractivity contribution < 1.29 is 70.0 Å². The molecule has 0 aromatic rings. The maximum Gasteiger partial charge on any atom is 0.472 e. The van der Waals surface area contributed by atoms with Crippen LogP contribution in [-0.2, 0) is 32.7 Å². The Morgan fingerprint density at radius 3 is 1.40 bits per heavy atom. The van der Waals surface area contributed by atoms with Crippen LogP contribution in [0, 0.1) is 0 Å².